The maximum Gasteiger partial charge on any atom is 0.371 e. The molecule has 0 fully saturated rings. The third-order valence-electron chi connectivity index (χ3n) is 4.79. The molecule has 1 amide bonds. The Morgan fingerprint density at radius 1 is 1.03 bits per heavy atom. The van der Waals surface area contributed by atoms with Gasteiger partial charge in [-0.3, -0.25) is 10.1 Å². The molecule has 7 nitrogen and oxygen atoms in total. The van der Waals surface area contributed by atoms with Crippen molar-refractivity contribution in [1.29, 1.82) is 0 Å². The lowest BCUT2D eigenvalue weighted by Crippen LogP contribution is -2.34. The van der Waals surface area contributed by atoms with Gasteiger partial charge in [0.05, 0.1) is 12.8 Å². The van der Waals surface area contributed by atoms with Crippen molar-refractivity contribution >= 4 is 34.9 Å². The number of carbonyl (C=O) groups is 2. The zero-order valence-corrected chi connectivity index (χ0v) is 19.0. The van der Waals surface area contributed by atoms with E-state index in [2.05, 4.69) is 31.4 Å². The molecule has 0 aliphatic rings. The van der Waals surface area contributed by atoms with Crippen molar-refractivity contribution in [2.75, 3.05) is 12.4 Å². The third-order valence-corrected chi connectivity index (χ3v) is 4.99. The van der Waals surface area contributed by atoms with Crippen LogP contribution < -0.4 is 15.4 Å². The largest absolute Gasteiger partial charge is 0.495 e. The Morgan fingerprint density at radius 3 is 2.28 bits per heavy atom. The lowest BCUT2D eigenvalue weighted by molar-refractivity contribution is 0.0663. The maximum atomic E-state index is 12.6. The fourth-order valence-electron chi connectivity index (χ4n) is 3.02. The van der Waals surface area contributed by atoms with Gasteiger partial charge >= 0.3 is 5.97 Å². The molecular weight excluding hydrogens is 428 g/mol. The van der Waals surface area contributed by atoms with Gasteiger partial charge in [-0.1, -0.05) is 32.9 Å². The SMILES string of the molecule is COc1ccc(-c2ccc(C(=O)O)o2)cc1NC(=S)NC(=O)c1ccc(C(C)(C)C)cc1. The third kappa shape index (κ3) is 5.33. The summed E-state index contributed by atoms with van der Waals surface area (Å²) in [5.74, 6) is -0.782. The van der Waals surface area contributed by atoms with Crippen LogP contribution in [0.5, 0.6) is 5.75 Å². The molecule has 32 heavy (non-hydrogen) atoms. The predicted octanol–water partition coefficient (Wildman–Crippen LogP) is 5.08. The molecule has 3 rings (SSSR count). The minimum atomic E-state index is -1.15. The van der Waals surface area contributed by atoms with Crippen molar-refractivity contribution in [2.24, 2.45) is 0 Å². The van der Waals surface area contributed by atoms with Gasteiger partial charge in [0.2, 0.25) is 5.76 Å². The van der Waals surface area contributed by atoms with E-state index in [9.17, 15) is 9.59 Å². The number of ether oxygens (including phenoxy) is 1. The molecule has 166 valence electrons. The van der Waals surface area contributed by atoms with E-state index in [4.69, 9.17) is 26.5 Å². The number of aromatic carboxylic acids is 1. The average Bonchev–Trinajstić information content (AvgIpc) is 3.24. The fraction of sp³-hybridized carbons (Fsp3) is 0.208. The van der Waals surface area contributed by atoms with Crippen LogP contribution >= 0.6 is 12.2 Å². The van der Waals surface area contributed by atoms with Crippen LogP contribution in [-0.4, -0.2) is 29.2 Å². The van der Waals surface area contributed by atoms with Crippen molar-refractivity contribution in [3.63, 3.8) is 0 Å². The first kappa shape index (κ1) is 23.0. The molecule has 0 unspecified atom stereocenters. The summed E-state index contributed by atoms with van der Waals surface area (Å²) in [5.41, 5.74) is 2.71. The van der Waals surface area contributed by atoms with E-state index in [0.717, 1.165) is 5.56 Å². The standard InChI is InChI=1S/C24H24N2O5S/c1-24(2,3)16-8-5-14(6-9-16)21(27)26-23(32)25-17-13-15(7-10-19(17)30-4)18-11-12-20(31-18)22(28)29/h5-13H,1-4H3,(H,28,29)(H2,25,26,27,32). The van der Waals surface area contributed by atoms with Gasteiger partial charge in [-0.25, -0.2) is 4.79 Å². The van der Waals surface area contributed by atoms with E-state index < -0.39 is 5.97 Å². The number of anilines is 1. The summed E-state index contributed by atoms with van der Waals surface area (Å²) in [7, 11) is 1.51. The molecule has 0 bridgehead atoms. The van der Waals surface area contributed by atoms with Gasteiger partial charge in [-0.15, -0.1) is 0 Å². The zero-order valence-electron chi connectivity index (χ0n) is 18.2. The molecular formula is C24H24N2O5S. The second-order valence-electron chi connectivity index (χ2n) is 8.12. The number of rotatable bonds is 5. The molecule has 0 aliphatic carbocycles. The van der Waals surface area contributed by atoms with Crippen molar-refractivity contribution < 1.29 is 23.8 Å². The molecule has 0 spiro atoms. The Kier molecular flexibility index (Phi) is 6.64. The first-order valence-electron chi connectivity index (χ1n) is 9.83. The molecule has 1 heterocycles. The monoisotopic (exact) mass is 452 g/mol. The van der Waals surface area contributed by atoms with Crippen LogP contribution in [0.3, 0.4) is 0 Å². The summed E-state index contributed by atoms with van der Waals surface area (Å²) < 4.78 is 10.7. The molecule has 0 radical (unpaired) electrons. The molecule has 2 aromatic carbocycles. The summed E-state index contributed by atoms with van der Waals surface area (Å²) in [6.07, 6.45) is 0. The minimum absolute atomic E-state index is 0.00729. The number of carboxylic acid groups (broad SMARTS) is 1. The van der Waals surface area contributed by atoms with Crippen LogP contribution in [0, 0.1) is 0 Å². The van der Waals surface area contributed by atoms with Crippen molar-refractivity contribution in [3.8, 4) is 17.1 Å². The first-order valence-corrected chi connectivity index (χ1v) is 10.2. The number of thiocarbonyl (C=S) groups is 1. The van der Waals surface area contributed by atoms with Gasteiger partial charge in [0.1, 0.15) is 11.5 Å². The lowest BCUT2D eigenvalue weighted by atomic mass is 9.87. The number of carbonyl (C=O) groups excluding carboxylic acids is 1. The van der Waals surface area contributed by atoms with Gasteiger partial charge in [-0.05, 0) is 65.7 Å². The fourth-order valence-corrected chi connectivity index (χ4v) is 3.22. The molecule has 0 atom stereocenters. The van der Waals surface area contributed by atoms with E-state index in [1.807, 2.05) is 12.1 Å². The number of benzene rings is 2. The topological polar surface area (TPSA) is 101 Å². The number of carboxylic acids is 1. The normalized spacial score (nSPS) is 11.0. The molecule has 3 N–H and O–H groups in total. The average molecular weight is 453 g/mol. The van der Waals surface area contributed by atoms with Crippen LogP contribution in [0.1, 0.15) is 47.2 Å². The van der Waals surface area contributed by atoms with Gasteiger partial charge in [0.25, 0.3) is 5.91 Å². The smallest absolute Gasteiger partial charge is 0.371 e. The van der Waals surface area contributed by atoms with E-state index >= 15 is 0 Å². The Hall–Kier alpha value is -3.65. The minimum Gasteiger partial charge on any atom is -0.495 e. The lowest BCUT2D eigenvalue weighted by Gasteiger charge is -2.19. The maximum absolute atomic E-state index is 12.6. The highest BCUT2D eigenvalue weighted by molar-refractivity contribution is 7.80. The van der Waals surface area contributed by atoms with Gasteiger partial charge in [0.15, 0.2) is 5.11 Å². The van der Waals surface area contributed by atoms with Crippen molar-refractivity contribution in [3.05, 3.63) is 71.5 Å². The predicted molar refractivity (Wildman–Crippen MR) is 126 cm³/mol. The molecule has 3 aromatic rings. The van der Waals surface area contributed by atoms with Crippen LogP contribution in [0.15, 0.2) is 59.0 Å². The Labute approximate surface area is 191 Å². The number of methoxy groups -OCH3 is 1. The molecule has 0 saturated heterocycles. The van der Waals surface area contributed by atoms with Crippen LogP contribution in [0.4, 0.5) is 5.69 Å². The highest BCUT2D eigenvalue weighted by atomic mass is 32.1. The van der Waals surface area contributed by atoms with Crippen molar-refractivity contribution in [2.45, 2.75) is 26.2 Å². The van der Waals surface area contributed by atoms with Crippen LogP contribution in [-0.2, 0) is 5.41 Å². The summed E-state index contributed by atoms with van der Waals surface area (Å²) in [4.78, 5) is 23.6. The van der Waals surface area contributed by atoms with Gasteiger partial charge in [-0.2, -0.15) is 0 Å². The highest BCUT2D eigenvalue weighted by Gasteiger charge is 2.16. The van der Waals surface area contributed by atoms with Crippen LogP contribution in [0.2, 0.25) is 0 Å². The van der Waals surface area contributed by atoms with E-state index in [1.54, 1.807) is 36.4 Å². The van der Waals surface area contributed by atoms with Gasteiger partial charge < -0.3 is 19.6 Å². The quantitative estimate of drug-likeness (QED) is 0.464. The molecule has 8 heteroatoms. The number of hydrogen-bond donors (Lipinski definition) is 3. The highest BCUT2D eigenvalue weighted by Crippen LogP contribution is 2.31. The first-order chi connectivity index (χ1) is 15.1. The second-order valence-corrected chi connectivity index (χ2v) is 8.53. The van der Waals surface area contributed by atoms with Gasteiger partial charge in [0, 0.05) is 11.1 Å². The molecule has 1 aromatic heterocycles. The Bertz CT molecular complexity index is 1160. The van der Waals surface area contributed by atoms with Crippen molar-refractivity contribution in [1.82, 2.24) is 5.32 Å². The summed E-state index contributed by atoms with van der Waals surface area (Å²) in [5, 5.41) is 14.8. The summed E-state index contributed by atoms with van der Waals surface area (Å²) in [6, 6.07) is 15.4. The number of amides is 1. The number of hydrogen-bond acceptors (Lipinski definition) is 5. The summed E-state index contributed by atoms with van der Waals surface area (Å²) in [6.45, 7) is 6.31. The second kappa shape index (κ2) is 9.23. The zero-order chi connectivity index (χ0) is 23.5. The number of furan rings is 1. The Balaban J connectivity index is 1.74. The molecule has 0 aliphatic heterocycles. The summed E-state index contributed by atoms with van der Waals surface area (Å²) >= 11 is 5.30. The van der Waals surface area contributed by atoms with E-state index in [-0.39, 0.29) is 22.2 Å². The number of nitrogens with one attached hydrogen (secondary N) is 2. The van der Waals surface area contributed by atoms with E-state index in [1.165, 1.54) is 13.2 Å². The Morgan fingerprint density at radius 2 is 1.72 bits per heavy atom. The molecule has 0 saturated carbocycles. The van der Waals surface area contributed by atoms with Crippen LogP contribution in [0.25, 0.3) is 11.3 Å². The van der Waals surface area contributed by atoms with E-state index in [0.29, 0.717) is 28.3 Å².